The van der Waals surface area contributed by atoms with Crippen LogP contribution in [0.4, 0.5) is 5.69 Å². The van der Waals surface area contributed by atoms with Crippen molar-refractivity contribution in [3.8, 4) is 5.75 Å². The Bertz CT molecular complexity index is 524. The van der Waals surface area contributed by atoms with Gasteiger partial charge in [0, 0.05) is 18.5 Å². The summed E-state index contributed by atoms with van der Waals surface area (Å²) in [5.74, 6) is 0.252. The number of methoxy groups -OCH3 is 1. The maximum Gasteiger partial charge on any atom is 0.234 e. The fourth-order valence-corrected chi connectivity index (χ4v) is 2.95. The summed E-state index contributed by atoms with van der Waals surface area (Å²) in [6.07, 6.45) is 4.13. The molecule has 22 heavy (non-hydrogen) atoms. The van der Waals surface area contributed by atoms with E-state index >= 15 is 0 Å². The van der Waals surface area contributed by atoms with Crippen LogP contribution >= 0.6 is 0 Å². The van der Waals surface area contributed by atoms with Gasteiger partial charge in [-0.2, -0.15) is 0 Å². The second kappa shape index (κ2) is 5.89. The van der Waals surface area contributed by atoms with Gasteiger partial charge in [-0.3, -0.25) is 4.79 Å². The standard InChI is InChI=1S/C17H23NO4/c1-16(11-21-17(22-12-16)9-3-4-10-17)15(19)18-13-5-7-14(20-2)8-6-13/h5-8H,3-4,9-12H2,1-2H3,(H,18,19). The Morgan fingerprint density at radius 2 is 1.73 bits per heavy atom. The predicted octanol–water partition coefficient (Wildman–Crippen LogP) is 2.96. The van der Waals surface area contributed by atoms with Crippen molar-refractivity contribution in [3.05, 3.63) is 24.3 Å². The zero-order valence-corrected chi connectivity index (χ0v) is 13.2. The molecule has 0 aromatic heterocycles. The summed E-state index contributed by atoms with van der Waals surface area (Å²) in [5.41, 5.74) is 0.0847. The van der Waals surface area contributed by atoms with Crippen molar-refractivity contribution < 1.29 is 19.0 Å². The van der Waals surface area contributed by atoms with Crippen LogP contribution in [-0.2, 0) is 14.3 Å². The second-order valence-electron chi connectivity index (χ2n) is 6.44. The molecule has 1 spiro atoms. The van der Waals surface area contributed by atoms with E-state index in [9.17, 15) is 4.79 Å². The van der Waals surface area contributed by atoms with Crippen molar-refractivity contribution in [2.45, 2.75) is 38.4 Å². The van der Waals surface area contributed by atoms with Gasteiger partial charge in [0.05, 0.1) is 25.7 Å². The minimum Gasteiger partial charge on any atom is -0.497 e. The van der Waals surface area contributed by atoms with Crippen molar-refractivity contribution in [1.82, 2.24) is 0 Å². The lowest BCUT2D eigenvalue weighted by atomic mass is 9.90. The van der Waals surface area contributed by atoms with Crippen molar-refractivity contribution in [2.24, 2.45) is 5.41 Å². The van der Waals surface area contributed by atoms with Crippen molar-refractivity contribution in [3.63, 3.8) is 0 Å². The third-order valence-corrected chi connectivity index (χ3v) is 4.57. The number of ether oxygens (including phenoxy) is 3. The summed E-state index contributed by atoms with van der Waals surface area (Å²) in [5, 5.41) is 2.93. The van der Waals surface area contributed by atoms with Crippen molar-refractivity contribution in [2.75, 3.05) is 25.6 Å². The lowest BCUT2D eigenvalue weighted by Crippen LogP contribution is -2.52. The third-order valence-electron chi connectivity index (χ3n) is 4.57. The van der Waals surface area contributed by atoms with Gasteiger partial charge in [-0.1, -0.05) is 0 Å². The molecule has 1 saturated heterocycles. The number of amides is 1. The van der Waals surface area contributed by atoms with Gasteiger partial charge in [-0.25, -0.2) is 0 Å². The molecule has 1 N–H and O–H groups in total. The lowest BCUT2D eigenvalue weighted by molar-refractivity contribution is -0.291. The van der Waals surface area contributed by atoms with Crippen LogP contribution in [0, 0.1) is 5.41 Å². The Labute approximate surface area is 130 Å². The van der Waals surface area contributed by atoms with Crippen LogP contribution in [0.3, 0.4) is 0 Å². The van der Waals surface area contributed by atoms with Crippen LogP contribution in [0.15, 0.2) is 24.3 Å². The van der Waals surface area contributed by atoms with Crippen molar-refractivity contribution in [1.29, 1.82) is 0 Å². The molecule has 1 heterocycles. The maximum absolute atomic E-state index is 12.5. The number of anilines is 1. The summed E-state index contributed by atoms with van der Waals surface area (Å²) in [6, 6.07) is 7.28. The molecule has 5 heteroatoms. The lowest BCUT2D eigenvalue weighted by Gasteiger charge is -2.42. The molecule has 1 aliphatic heterocycles. The van der Waals surface area contributed by atoms with E-state index in [0.717, 1.165) is 37.1 Å². The first kappa shape index (κ1) is 15.3. The largest absolute Gasteiger partial charge is 0.497 e. The first-order valence-corrected chi connectivity index (χ1v) is 7.79. The Hall–Kier alpha value is -1.59. The highest BCUT2D eigenvalue weighted by Gasteiger charge is 2.47. The monoisotopic (exact) mass is 305 g/mol. The van der Waals surface area contributed by atoms with Gasteiger partial charge in [-0.15, -0.1) is 0 Å². The van der Waals surface area contributed by atoms with E-state index in [1.54, 1.807) is 7.11 Å². The van der Waals surface area contributed by atoms with Gasteiger partial charge in [0.25, 0.3) is 0 Å². The number of carbonyl (C=O) groups excluding carboxylic acids is 1. The molecule has 2 aliphatic rings. The van der Waals surface area contributed by atoms with E-state index in [1.807, 2.05) is 31.2 Å². The van der Waals surface area contributed by atoms with Gasteiger partial charge >= 0.3 is 0 Å². The first-order valence-electron chi connectivity index (χ1n) is 7.79. The molecular weight excluding hydrogens is 282 g/mol. The average Bonchev–Trinajstić information content (AvgIpc) is 3.00. The number of carbonyl (C=O) groups is 1. The minimum atomic E-state index is -0.659. The Balaban J connectivity index is 1.61. The molecule has 120 valence electrons. The van der Waals surface area contributed by atoms with Gasteiger partial charge < -0.3 is 19.5 Å². The highest BCUT2D eigenvalue weighted by atomic mass is 16.7. The van der Waals surface area contributed by atoms with Crippen molar-refractivity contribution >= 4 is 11.6 Å². The molecule has 1 amide bonds. The number of rotatable bonds is 3. The predicted molar refractivity (Wildman–Crippen MR) is 82.8 cm³/mol. The first-order chi connectivity index (χ1) is 10.6. The molecule has 1 aromatic carbocycles. The summed E-state index contributed by atoms with van der Waals surface area (Å²) < 4.78 is 17.0. The van der Waals surface area contributed by atoms with Gasteiger partial charge in [-0.05, 0) is 44.0 Å². The second-order valence-corrected chi connectivity index (χ2v) is 6.44. The Kier molecular flexibility index (Phi) is 4.10. The fourth-order valence-electron chi connectivity index (χ4n) is 2.95. The molecular formula is C17H23NO4. The van der Waals surface area contributed by atoms with E-state index in [2.05, 4.69) is 5.32 Å². The number of nitrogens with one attached hydrogen (secondary N) is 1. The van der Waals surface area contributed by atoms with Crippen LogP contribution in [0.5, 0.6) is 5.75 Å². The molecule has 0 unspecified atom stereocenters. The van der Waals surface area contributed by atoms with E-state index in [-0.39, 0.29) is 5.91 Å². The molecule has 1 aromatic rings. The van der Waals surface area contributed by atoms with Crippen LogP contribution in [0.25, 0.3) is 0 Å². The molecule has 2 fully saturated rings. The van der Waals surface area contributed by atoms with E-state index in [4.69, 9.17) is 14.2 Å². The smallest absolute Gasteiger partial charge is 0.234 e. The highest BCUT2D eigenvalue weighted by Crippen LogP contribution is 2.40. The van der Waals surface area contributed by atoms with Crippen LogP contribution in [0.1, 0.15) is 32.6 Å². The maximum atomic E-state index is 12.5. The van der Waals surface area contributed by atoms with Gasteiger partial charge in [0.15, 0.2) is 5.79 Å². The number of hydrogen-bond donors (Lipinski definition) is 1. The number of benzene rings is 1. The molecule has 0 radical (unpaired) electrons. The Morgan fingerprint density at radius 3 is 2.27 bits per heavy atom. The third kappa shape index (κ3) is 2.96. The summed E-state index contributed by atoms with van der Waals surface area (Å²) in [7, 11) is 1.62. The molecule has 3 rings (SSSR count). The SMILES string of the molecule is COc1ccc(NC(=O)C2(C)COC3(CCCC3)OC2)cc1. The zero-order valence-electron chi connectivity index (χ0n) is 13.2. The van der Waals surface area contributed by atoms with Gasteiger partial charge in [0.1, 0.15) is 5.75 Å². The van der Waals surface area contributed by atoms with E-state index < -0.39 is 11.2 Å². The summed E-state index contributed by atoms with van der Waals surface area (Å²) in [4.78, 5) is 12.5. The molecule has 5 nitrogen and oxygen atoms in total. The molecule has 1 aliphatic carbocycles. The average molecular weight is 305 g/mol. The minimum absolute atomic E-state index is 0.0782. The molecule has 0 bridgehead atoms. The zero-order chi connectivity index (χ0) is 15.6. The summed E-state index contributed by atoms with van der Waals surface area (Å²) >= 11 is 0. The summed E-state index contributed by atoms with van der Waals surface area (Å²) in [6.45, 7) is 2.68. The number of hydrogen-bond acceptors (Lipinski definition) is 4. The van der Waals surface area contributed by atoms with Crippen LogP contribution in [0.2, 0.25) is 0 Å². The van der Waals surface area contributed by atoms with Crippen LogP contribution < -0.4 is 10.1 Å². The quantitative estimate of drug-likeness (QED) is 0.933. The van der Waals surface area contributed by atoms with E-state index in [0.29, 0.717) is 13.2 Å². The Morgan fingerprint density at radius 1 is 1.14 bits per heavy atom. The normalized spacial score (nSPS) is 22.5. The highest BCUT2D eigenvalue weighted by molar-refractivity contribution is 5.95. The molecule has 1 saturated carbocycles. The topological polar surface area (TPSA) is 56.8 Å². The van der Waals surface area contributed by atoms with E-state index in [1.165, 1.54) is 0 Å². The van der Waals surface area contributed by atoms with Gasteiger partial charge in [0.2, 0.25) is 5.91 Å². The molecule has 0 atom stereocenters. The van der Waals surface area contributed by atoms with Crippen LogP contribution in [-0.4, -0.2) is 32.0 Å². The fraction of sp³-hybridized carbons (Fsp3) is 0.588.